The van der Waals surface area contributed by atoms with E-state index in [1.807, 2.05) is 6.07 Å². The zero-order valence-corrected chi connectivity index (χ0v) is 10.9. The molecule has 18 heavy (non-hydrogen) atoms. The van der Waals surface area contributed by atoms with E-state index in [-0.39, 0.29) is 12.6 Å². The first-order chi connectivity index (χ1) is 8.85. The number of aliphatic hydroxyl groups is 1. The molecule has 2 bridgehead atoms. The fourth-order valence-corrected chi connectivity index (χ4v) is 3.83. The Kier molecular flexibility index (Phi) is 3.67. The lowest BCUT2D eigenvalue weighted by Crippen LogP contribution is -2.44. The van der Waals surface area contributed by atoms with Gasteiger partial charge in [-0.2, -0.15) is 0 Å². The van der Waals surface area contributed by atoms with Crippen molar-refractivity contribution in [2.75, 3.05) is 6.61 Å². The van der Waals surface area contributed by atoms with Gasteiger partial charge in [0, 0.05) is 12.1 Å². The van der Waals surface area contributed by atoms with E-state index in [9.17, 15) is 5.11 Å². The first-order valence-electron chi connectivity index (χ1n) is 7.26. The van der Waals surface area contributed by atoms with Gasteiger partial charge in [0.15, 0.2) is 0 Å². The van der Waals surface area contributed by atoms with E-state index in [4.69, 9.17) is 0 Å². The molecule has 0 spiro atoms. The van der Waals surface area contributed by atoms with Crippen molar-refractivity contribution in [1.29, 1.82) is 0 Å². The molecule has 2 saturated carbocycles. The standard InChI is InChI=1S/C16H23NO/c18-11-15(9-12-4-2-1-3-5-12)17-16-10-13-6-7-14(16)8-13/h1-5,13-18H,6-11H2/t13?,14?,15-,16?/m1/s1. The summed E-state index contributed by atoms with van der Waals surface area (Å²) in [6.07, 6.45) is 6.51. The maximum atomic E-state index is 9.56. The molecule has 0 heterocycles. The van der Waals surface area contributed by atoms with Crippen molar-refractivity contribution >= 4 is 0 Å². The Morgan fingerprint density at radius 2 is 2.00 bits per heavy atom. The molecule has 3 rings (SSSR count). The molecule has 98 valence electrons. The molecule has 2 aliphatic rings. The molecule has 2 nitrogen and oxygen atoms in total. The van der Waals surface area contributed by atoms with Gasteiger partial charge in [-0.15, -0.1) is 0 Å². The summed E-state index contributed by atoms with van der Waals surface area (Å²) in [7, 11) is 0. The molecule has 3 unspecified atom stereocenters. The Bertz CT molecular complexity index is 378. The average molecular weight is 245 g/mol. The molecule has 1 aromatic rings. The van der Waals surface area contributed by atoms with Gasteiger partial charge < -0.3 is 10.4 Å². The SMILES string of the molecule is OC[C@@H](Cc1ccccc1)NC1CC2CCC1C2. The Morgan fingerprint density at radius 1 is 1.17 bits per heavy atom. The van der Waals surface area contributed by atoms with Gasteiger partial charge in [0.2, 0.25) is 0 Å². The third-order valence-corrected chi connectivity index (χ3v) is 4.73. The summed E-state index contributed by atoms with van der Waals surface area (Å²) in [6.45, 7) is 0.239. The number of hydrogen-bond acceptors (Lipinski definition) is 2. The van der Waals surface area contributed by atoms with Gasteiger partial charge in [0.05, 0.1) is 6.61 Å². The summed E-state index contributed by atoms with van der Waals surface area (Å²) in [5, 5.41) is 13.3. The van der Waals surface area contributed by atoms with Crippen LogP contribution in [-0.4, -0.2) is 23.8 Å². The molecule has 0 saturated heterocycles. The van der Waals surface area contributed by atoms with Gasteiger partial charge in [-0.3, -0.25) is 0 Å². The van der Waals surface area contributed by atoms with E-state index in [1.54, 1.807) is 0 Å². The summed E-state index contributed by atoms with van der Waals surface area (Å²) in [5.41, 5.74) is 1.31. The Morgan fingerprint density at radius 3 is 2.61 bits per heavy atom. The van der Waals surface area contributed by atoms with Crippen LogP contribution in [0, 0.1) is 11.8 Å². The van der Waals surface area contributed by atoms with E-state index < -0.39 is 0 Å². The van der Waals surface area contributed by atoms with Crippen molar-refractivity contribution in [3.8, 4) is 0 Å². The largest absolute Gasteiger partial charge is 0.395 e. The van der Waals surface area contributed by atoms with E-state index in [1.165, 1.54) is 31.2 Å². The molecule has 0 radical (unpaired) electrons. The van der Waals surface area contributed by atoms with Crippen LogP contribution in [0.15, 0.2) is 30.3 Å². The second-order valence-electron chi connectivity index (χ2n) is 6.02. The second kappa shape index (κ2) is 5.41. The van der Waals surface area contributed by atoms with Gasteiger partial charge in [-0.05, 0) is 43.1 Å². The summed E-state index contributed by atoms with van der Waals surface area (Å²) < 4.78 is 0. The topological polar surface area (TPSA) is 32.3 Å². The fourth-order valence-electron chi connectivity index (χ4n) is 3.83. The zero-order chi connectivity index (χ0) is 12.4. The maximum absolute atomic E-state index is 9.56. The Balaban J connectivity index is 1.56. The van der Waals surface area contributed by atoms with Crippen LogP contribution in [0.25, 0.3) is 0 Å². The van der Waals surface area contributed by atoms with Crippen molar-refractivity contribution in [2.45, 2.75) is 44.2 Å². The van der Waals surface area contributed by atoms with Crippen molar-refractivity contribution < 1.29 is 5.11 Å². The maximum Gasteiger partial charge on any atom is 0.0587 e. The van der Waals surface area contributed by atoms with Crippen molar-refractivity contribution in [3.63, 3.8) is 0 Å². The number of fused-ring (bicyclic) bond motifs is 2. The smallest absolute Gasteiger partial charge is 0.0587 e. The normalized spacial score (nSPS) is 31.7. The van der Waals surface area contributed by atoms with Gasteiger partial charge >= 0.3 is 0 Å². The quantitative estimate of drug-likeness (QED) is 0.834. The Labute approximate surface area is 109 Å². The first-order valence-corrected chi connectivity index (χ1v) is 7.26. The lowest BCUT2D eigenvalue weighted by molar-refractivity contribution is 0.213. The molecule has 2 aliphatic carbocycles. The van der Waals surface area contributed by atoms with Gasteiger partial charge in [0.25, 0.3) is 0 Å². The number of aliphatic hydroxyl groups excluding tert-OH is 1. The number of nitrogens with one attached hydrogen (secondary N) is 1. The average Bonchev–Trinajstić information content (AvgIpc) is 3.01. The minimum absolute atomic E-state index is 0.219. The van der Waals surface area contributed by atoms with Crippen molar-refractivity contribution in [1.82, 2.24) is 5.32 Å². The number of hydrogen-bond donors (Lipinski definition) is 2. The highest BCUT2D eigenvalue weighted by Gasteiger charge is 2.39. The fraction of sp³-hybridized carbons (Fsp3) is 0.625. The van der Waals surface area contributed by atoms with Crippen molar-refractivity contribution in [3.05, 3.63) is 35.9 Å². The number of benzene rings is 1. The summed E-state index contributed by atoms with van der Waals surface area (Å²) in [6, 6.07) is 11.3. The van der Waals surface area contributed by atoms with Crippen LogP contribution in [0.5, 0.6) is 0 Å². The molecular formula is C16H23NO. The zero-order valence-electron chi connectivity index (χ0n) is 10.9. The summed E-state index contributed by atoms with van der Waals surface area (Å²) in [4.78, 5) is 0. The van der Waals surface area contributed by atoms with Gasteiger partial charge in [-0.25, -0.2) is 0 Å². The van der Waals surface area contributed by atoms with Crippen LogP contribution in [0.2, 0.25) is 0 Å². The second-order valence-corrected chi connectivity index (χ2v) is 6.02. The third-order valence-electron chi connectivity index (χ3n) is 4.73. The highest BCUT2D eigenvalue weighted by Crippen LogP contribution is 2.44. The summed E-state index contributed by atoms with van der Waals surface area (Å²) >= 11 is 0. The minimum Gasteiger partial charge on any atom is -0.395 e. The van der Waals surface area contributed by atoms with E-state index >= 15 is 0 Å². The highest BCUT2D eigenvalue weighted by molar-refractivity contribution is 5.16. The monoisotopic (exact) mass is 245 g/mol. The van der Waals surface area contributed by atoms with Crippen LogP contribution in [0.4, 0.5) is 0 Å². The lowest BCUT2D eigenvalue weighted by Gasteiger charge is -2.28. The molecule has 2 fully saturated rings. The molecular weight excluding hydrogens is 222 g/mol. The van der Waals surface area contributed by atoms with Crippen molar-refractivity contribution in [2.24, 2.45) is 11.8 Å². The van der Waals surface area contributed by atoms with Crippen LogP contribution < -0.4 is 5.32 Å². The van der Waals surface area contributed by atoms with Crippen LogP contribution in [-0.2, 0) is 6.42 Å². The number of rotatable bonds is 5. The Hall–Kier alpha value is -0.860. The predicted octanol–water partition coefficient (Wildman–Crippen LogP) is 2.37. The van der Waals surface area contributed by atoms with Crippen LogP contribution >= 0.6 is 0 Å². The van der Waals surface area contributed by atoms with Crippen LogP contribution in [0.3, 0.4) is 0 Å². The molecule has 2 N–H and O–H groups in total. The highest BCUT2D eigenvalue weighted by atomic mass is 16.3. The summed E-state index contributed by atoms with van der Waals surface area (Å²) in [5.74, 6) is 1.84. The van der Waals surface area contributed by atoms with E-state index in [0.717, 1.165) is 18.3 Å². The molecule has 4 atom stereocenters. The molecule has 0 aromatic heterocycles. The van der Waals surface area contributed by atoms with Gasteiger partial charge in [-0.1, -0.05) is 36.8 Å². The third kappa shape index (κ3) is 2.60. The first kappa shape index (κ1) is 12.2. The lowest BCUT2D eigenvalue weighted by atomic mass is 9.94. The molecule has 1 aromatic carbocycles. The molecule has 0 aliphatic heterocycles. The van der Waals surface area contributed by atoms with E-state index in [0.29, 0.717) is 6.04 Å². The van der Waals surface area contributed by atoms with Crippen LogP contribution in [0.1, 0.15) is 31.2 Å². The molecule has 2 heteroatoms. The molecule has 0 amide bonds. The van der Waals surface area contributed by atoms with E-state index in [2.05, 4.69) is 29.6 Å². The minimum atomic E-state index is 0.219. The van der Waals surface area contributed by atoms with Gasteiger partial charge in [0.1, 0.15) is 0 Å². The predicted molar refractivity (Wildman–Crippen MR) is 73.4 cm³/mol.